The molecule has 0 aliphatic heterocycles. The molecule has 1 aromatic heterocycles. The van der Waals surface area contributed by atoms with Gasteiger partial charge in [0.25, 0.3) is 0 Å². The Morgan fingerprint density at radius 3 is 2.73 bits per heavy atom. The molecule has 1 fully saturated rings. The second kappa shape index (κ2) is 9.63. The molecular weight excluding hydrogens is 421 g/mol. The Morgan fingerprint density at radius 2 is 2.00 bits per heavy atom. The normalized spacial score (nSPS) is 19.0. The van der Waals surface area contributed by atoms with Crippen molar-refractivity contribution in [2.45, 2.75) is 37.8 Å². The zero-order valence-electron chi connectivity index (χ0n) is 17.2. The number of amides is 1. The summed E-state index contributed by atoms with van der Waals surface area (Å²) in [4.78, 5) is 20.4. The molecule has 2 aromatic rings. The molecular formula is C21H27ClN5O2P. The molecule has 1 aliphatic carbocycles. The Balaban J connectivity index is 1.74. The molecule has 1 amide bonds. The molecule has 160 valence electrons. The SMILES string of the molecule is C=CC(=O)NC1CCC[C@@H](Nc2ncc(Cl)c(Nc3ccccc3P(C)(C)=O)n2)C1. The van der Waals surface area contributed by atoms with E-state index in [-0.39, 0.29) is 18.0 Å². The van der Waals surface area contributed by atoms with Crippen molar-refractivity contribution in [3.8, 4) is 0 Å². The zero-order valence-corrected chi connectivity index (χ0v) is 18.8. The maximum absolute atomic E-state index is 12.6. The van der Waals surface area contributed by atoms with Gasteiger partial charge in [0.1, 0.15) is 12.2 Å². The molecule has 0 radical (unpaired) electrons. The van der Waals surface area contributed by atoms with Gasteiger partial charge < -0.3 is 20.5 Å². The van der Waals surface area contributed by atoms with Crippen molar-refractivity contribution < 1.29 is 9.36 Å². The van der Waals surface area contributed by atoms with Crippen LogP contribution in [-0.2, 0) is 9.36 Å². The van der Waals surface area contributed by atoms with Crippen LogP contribution >= 0.6 is 18.7 Å². The van der Waals surface area contributed by atoms with E-state index in [0.29, 0.717) is 22.5 Å². The molecule has 0 saturated heterocycles. The minimum Gasteiger partial charge on any atom is -0.351 e. The average Bonchev–Trinajstić information content (AvgIpc) is 2.70. The third-order valence-electron chi connectivity index (χ3n) is 5.02. The summed E-state index contributed by atoms with van der Waals surface area (Å²) in [5, 5.41) is 10.6. The predicted octanol–water partition coefficient (Wildman–Crippen LogP) is 4.15. The van der Waals surface area contributed by atoms with Gasteiger partial charge >= 0.3 is 0 Å². The quantitative estimate of drug-likeness (QED) is 0.436. The second-order valence-electron chi connectivity index (χ2n) is 7.80. The molecule has 3 rings (SSSR count). The second-order valence-corrected chi connectivity index (χ2v) is 11.4. The number of hydrogen-bond acceptors (Lipinski definition) is 6. The number of carbonyl (C=O) groups excluding carboxylic acids is 1. The Hall–Kier alpha value is -2.37. The van der Waals surface area contributed by atoms with Crippen molar-refractivity contribution in [2.75, 3.05) is 24.0 Å². The van der Waals surface area contributed by atoms with E-state index in [0.717, 1.165) is 31.0 Å². The van der Waals surface area contributed by atoms with Crippen LogP contribution in [-0.4, -0.2) is 41.3 Å². The van der Waals surface area contributed by atoms with Crippen LogP contribution in [0.15, 0.2) is 43.1 Å². The minimum atomic E-state index is -2.48. The van der Waals surface area contributed by atoms with Crippen LogP contribution in [0.25, 0.3) is 0 Å². The summed E-state index contributed by atoms with van der Waals surface area (Å²) in [6.07, 6.45) is 6.52. The Labute approximate surface area is 182 Å². The summed E-state index contributed by atoms with van der Waals surface area (Å²) in [5.41, 5.74) is 0.710. The molecule has 9 heteroatoms. The highest BCUT2D eigenvalue weighted by atomic mass is 35.5. The van der Waals surface area contributed by atoms with Gasteiger partial charge in [0.05, 0.1) is 11.9 Å². The molecule has 7 nitrogen and oxygen atoms in total. The first-order valence-electron chi connectivity index (χ1n) is 9.90. The number of aromatic nitrogens is 2. The topological polar surface area (TPSA) is 96.0 Å². The molecule has 1 heterocycles. The fourth-order valence-corrected chi connectivity index (χ4v) is 4.89. The van der Waals surface area contributed by atoms with E-state index in [1.165, 1.54) is 6.08 Å². The standard InChI is InChI=1S/C21H27ClN5O2P/c1-4-19(28)24-14-8-7-9-15(12-14)25-21-23-13-16(22)20(27-21)26-17-10-5-6-11-18(17)30(2,3)29/h4-6,10-11,13-15H,1,7-9,12H2,2-3H3,(H,24,28)(H2,23,25,26,27)/t14?,15-/m1/s1. The number of rotatable bonds is 7. The zero-order chi connectivity index (χ0) is 21.7. The van der Waals surface area contributed by atoms with E-state index >= 15 is 0 Å². The largest absolute Gasteiger partial charge is 0.351 e. The lowest BCUT2D eigenvalue weighted by Gasteiger charge is -2.30. The van der Waals surface area contributed by atoms with E-state index in [4.69, 9.17) is 11.6 Å². The molecule has 2 atom stereocenters. The molecule has 30 heavy (non-hydrogen) atoms. The summed E-state index contributed by atoms with van der Waals surface area (Å²) in [5.74, 6) is 0.747. The Bertz CT molecular complexity index is 978. The Morgan fingerprint density at radius 1 is 1.27 bits per heavy atom. The van der Waals surface area contributed by atoms with Crippen molar-refractivity contribution in [1.29, 1.82) is 0 Å². The van der Waals surface area contributed by atoms with Gasteiger partial charge in [-0.1, -0.05) is 30.3 Å². The molecule has 1 aromatic carbocycles. The Kier molecular flexibility index (Phi) is 7.16. The summed E-state index contributed by atoms with van der Waals surface area (Å²) in [7, 11) is -2.48. The van der Waals surface area contributed by atoms with Gasteiger partial charge in [-0.2, -0.15) is 4.98 Å². The van der Waals surface area contributed by atoms with Crippen LogP contribution in [0.3, 0.4) is 0 Å². The van der Waals surface area contributed by atoms with Crippen molar-refractivity contribution in [1.82, 2.24) is 15.3 Å². The van der Waals surface area contributed by atoms with Gasteiger partial charge in [0.15, 0.2) is 5.82 Å². The highest BCUT2D eigenvalue weighted by molar-refractivity contribution is 7.70. The van der Waals surface area contributed by atoms with Crippen LogP contribution in [0.1, 0.15) is 25.7 Å². The third kappa shape index (κ3) is 5.83. The van der Waals surface area contributed by atoms with Crippen molar-refractivity contribution in [3.63, 3.8) is 0 Å². The van der Waals surface area contributed by atoms with E-state index in [1.54, 1.807) is 19.5 Å². The van der Waals surface area contributed by atoms with Gasteiger partial charge in [-0.05, 0) is 57.2 Å². The molecule has 1 aliphatic rings. The summed E-state index contributed by atoms with van der Waals surface area (Å²) in [6, 6.07) is 7.67. The molecule has 1 unspecified atom stereocenters. The van der Waals surface area contributed by atoms with Crippen LogP contribution < -0.4 is 21.3 Å². The minimum absolute atomic E-state index is 0.0989. The summed E-state index contributed by atoms with van der Waals surface area (Å²) in [6.45, 7) is 6.96. The smallest absolute Gasteiger partial charge is 0.243 e. The first kappa shape index (κ1) is 22.3. The first-order valence-corrected chi connectivity index (χ1v) is 12.9. The lowest BCUT2D eigenvalue weighted by molar-refractivity contribution is -0.117. The summed E-state index contributed by atoms with van der Waals surface area (Å²) < 4.78 is 12.6. The van der Waals surface area contributed by atoms with Crippen molar-refractivity contribution in [3.05, 3.63) is 48.1 Å². The van der Waals surface area contributed by atoms with Crippen LogP contribution in [0.4, 0.5) is 17.5 Å². The number of nitrogens with one attached hydrogen (secondary N) is 3. The lowest BCUT2D eigenvalue weighted by Crippen LogP contribution is -2.41. The van der Waals surface area contributed by atoms with Gasteiger partial charge in [0, 0.05) is 17.4 Å². The van der Waals surface area contributed by atoms with Crippen LogP contribution in [0.2, 0.25) is 5.02 Å². The van der Waals surface area contributed by atoms with E-state index in [1.807, 2.05) is 24.3 Å². The lowest BCUT2D eigenvalue weighted by atomic mass is 9.91. The van der Waals surface area contributed by atoms with Gasteiger partial charge in [-0.25, -0.2) is 4.98 Å². The molecule has 0 spiro atoms. The number of hydrogen-bond donors (Lipinski definition) is 3. The molecule has 1 saturated carbocycles. The van der Waals surface area contributed by atoms with E-state index in [2.05, 4.69) is 32.5 Å². The molecule has 0 bridgehead atoms. The average molecular weight is 448 g/mol. The number of carbonyl (C=O) groups is 1. The monoisotopic (exact) mass is 447 g/mol. The number of para-hydroxylation sites is 1. The van der Waals surface area contributed by atoms with Crippen LogP contribution in [0, 0.1) is 0 Å². The number of nitrogens with zero attached hydrogens (tertiary/aromatic N) is 2. The highest BCUT2D eigenvalue weighted by Gasteiger charge is 2.24. The summed E-state index contributed by atoms with van der Waals surface area (Å²) >= 11 is 6.31. The van der Waals surface area contributed by atoms with E-state index < -0.39 is 7.14 Å². The fraction of sp³-hybridized carbons (Fsp3) is 0.381. The number of anilines is 3. The van der Waals surface area contributed by atoms with E-state index in [9.17, 15) is 9.36 Å². The fourth-order valence-electron chi connectivity index (χ4n) is 3.60. The van der Waals surface area contributed by atoms with Gasteiger partial charge in [0.2, 0.25) is 11.9 Å². The number of benzene rings is 1. The maximum Gasteiger partial charge on any atom is 0.243 e. The maximum atomic E-state index is 12.6. The highest BCUT2D eigenvalue weighted by Crippen LogP contribution is 2.38. The molecule has 3 N–H and O–H groups in total. The first-order chi connectivity index (χ1) is 14.3. The van der Waals surface area contributed by atoms with Gasteiger partial charge in [-0.15, -0.1) is 0 Å². The van der Waals surface area contributed by atoms with Crippen molar-refractivity contribution >= 4 is 47.4 Å². The predicted molar refractivity (Wildman–Crippen MR) is 124 cm³/mol. The van der Waals surface area contributed by atoms with Crippen LogP contribution in [0.5, 0.6) is 0 Å². The van der Waals surface area contributed by atoms with Gasteiger partial charge in [-0.3, -0.25) is 4.79 Å². The number of halogens is 1. The van der Waals surface area contributed by atoms with Crippen molar-refractivity contribution in [2.24, 2.45) is 0 Å². The third-order valence-corrected chi connectivity index (χ3v) is 6.85.